The Labute approximate surface area is 79.0 Å². The van der Waals surface area contributed by atoms with Crippen molar-refractivity contribution in [2.75, 3.05) is 0 Å². The van der Waals surface area contributed by atoms with Crippen molar-refractivity contribution in [3.05, 3.63) is 24.1 Å². The Balaban J connectivity index is 2.61. The van der Waals surface area contributed by atoms with Gasteiger partial charge in [0.05, 0.1) is 5.60 Å². The van der Waals surface area contributed by atoms with Gasteiger partial charge in [0.25, 0.3) is 0 Å². The first kappa shape index (κ1) is 10.5. The van der Waals surface area contributed by atoms with E-state index in [-0.39, 0.29) is 11.7 Å². The summed E-state index contributed by atoms with van der Waals surface area (Å²) in [4.78, 5) is 0. The molecule has 0 saturated carbocycles. The summed E-state index contributed by atoms with van der Waals surface area (Å²) >= 11 is 0. The highest BCUT2D eigenvalue weighted by molar-refractivity contribution is 5.24. The van der Waals surface area contributed by atoms with Crippen molar-refractivity contribution in [3.63, 3.8) is 0 Å². The van der Waals surface area contributed by atoms with Crippen LogP contribution in [-0.2, 0) is 0 Å². The van der Waals surface area contributed by atoms with Crippen LogP contribution in [0.15, 0.2) is 24.1 Å². The number of aliphatic hydroxyl groups is 1. The number of hydrogen-bond donors (Lipinski definition) is 1. The Morgan fingerprint density at radius 2 is 2.31 bits per heavy atom. The quantitative estimate of drug-likeness (QED) is 0.699. The van der Waals surface area contributed by atoms with Gasteiger partial charge in [-0.05, 0) is 44.6 Å². The molecule has 0 aromatic rings. The first-order valence-corrected chi connectivity index (χ1v) is 4.67. The molecule has 1 aliphatic rings. The van der Waals surface area contributed by atoms with Crippen LogP contribution in [0.25, 0.3) is 0 Å². The van der Waals surface area contributed by atoms with Crippen LogP contribution < -0.4 is 0 Å². The third kappa shape index (κ3) is 2.66. The zero-order valence-electron chi connectivity index (χ0n) is 8.31. The van der Waals surface area contributed by atoms with Gasteiger partial charge in [-0.25, -0.2) is 4.39 Å². The van der Waals surface area contributed by atoms with Gasteiger partial charge in [0.2, 0.25) is 0 Å². The van der Waals surface area contributed by atoms with Crippen molar-refractivity contribution in [2.45, 2.75) is 38.7 Å². The highest BCUT2D eigenvalue weighted by atomic mass is 19.1. The molecular weight excluding hydrogens is 167 g/mol. The summed E-state index contributed by atoms with van der Waals surface area (Å²) in [5, 5.41) is 9.72. The zero-order chi connectivity index (χ0) is 10.1. The maximum absolute atomic E-state index is 12.7. The molecule has 0 aromatic carbocycles. The maximum atomic E-state index is 12.7. The minimum absolute atomic E-state index is 0.246. The van der Waals surface area contributed by atoms with Crippen molar-refractivity contribution in [3.8, 4) is 0 Å². The van der Waals surface area contributed by atoms with Gasteiger partial charge in [-0.1, -0.05) is 12.7 Å². The summed E-state index contributed by atoms with van der Waals surface area (Å²) in [5.41, 5.74) is 0.0557. The highest BCUT2D eigenvalue weighted by Crippen LogP contribution is 2.33. The lowest BCUT2D eigenvalue weighted by Gasteiger charge is -2.31. The van der Waals surface area contributed by atoms with Gasteiger partial charge < -0.3 is 5.11 Å². The van der Waals surface area contributed by atoms with E-state index in [1.54, 1.807) is 13.8 Å². The van der Waals surface area contributed by atoms with Gasteiger partial charge in [-0.15, -0.1) is 0 Å². The van der Waals surface area contributed by atoms with Crippen LogP contribution in [0.3, 0.4) is 0 Å². The summed E-state index contributed by atoms with van der Waals surface area (Å²) in [5.74, 6) is -0.0789. The van der Waals surface area contributed by atoms with E-state index in [2.05, 4.69) is 6.58 Å². The molecule has 0 amide bonds. The Kier molecular flexibility index (Phi) is 2.91. The Bertz CT molecular complexity index is 235. The Morgan fingerprint density at radius 3 is 2.62 bits per heavy atom. The molecule has 1 atom stereocenters. The molecule has 0 fully saturated rings. The fourth-order valence-electron chi connectivity index (χ4n) is 1.72. The largest absolute Gasteiger partial charge is 0.390 e. The van der Waals surface area contributed by atoms with Crippen LogP contribution in [-0.4, -0.2) is 10.7 Å². The highest BCUT2D eigenvalue weighted by Gasteiger charge is 2.28. The summed E-state index contributed by atoms with van der Waals surface area (Å²) in [6.07, 6.45) is 4.15. The second kappa shape index (κ2) is 3.62. The lowest BCUT2D eigenvalue weighted by atomic mass is 9.79. The van der Waals surface area contributed by atoms with Crippen molar-refractivity contribution in [1.29, 1.82) is 0 Å². The summed E-state index contributed by atoms with van der Waals surface area (Å²) in [6, 6.07) is 0. The second-order valence-electron chi connectivity index (χ2n) is 4.26. The van der Waals surface area contributed by atoms with Gasteiger partial charge in [-0.3, -0.25) is 0 Å². The number of rotatable bonds is 2. The van der Waals surface area contributed by atoms with Gasteiger partial charge >= 0.3 is 0 Å². The molecule has 1 aliphatic carbocycles. The molecule has 1 unspecified atom stereocenters. The van der Waals surface area contributed by atoms with Crippen LogP contribution >= 0.6 is 0 Å². The van der Waals surface area contributed by atoms with Crippen molar-refractivity contribution in [1.82, 2.24) is 0 Å². The molecule has 13 heavy (non-hydrogen) atoms. The summed E-state index contributed by atoms with van der Waals surface area (Å²) in [6.45, 7) is 6.88. The normalized spacial score (nSPS) is 24.0. The zero-order valence-corrected chi connectivity index (χ0v) is 8.31. The van der Waals surface area contributed by atoms with Crippen LogP contribution in [0.1, 0.15) is 33.1 Å². The summed E-state index contributed by atoms with van der Waals surface area (Å²) in [7, 11) is 0. The number of halogens is 1. The standard InChI is InChI=1S/C11H17FO/c1-8(12)9-4-6-10(7-5-9)11(2,3)13/h4,10,13H,1,5-7H2,2-3H3. The lowest BCUT2D eigenvalue weighted by Crippen LogP contribution is -2.31. The minimum atomic E-state index is -0.653. The van der Waals surface area contributed by atoms with E-state index >= 15 is 0 Å². The summed E-state index contributed by atoms with van der Waals surface area (Å²) < 4.78 is 12.7. The number of hydrogen-bond acceptors (Lipinski definition) is 1. The molecule has 74 valence electrons. The predicted molar refractivity (Wildman–Crippen MR) is 52.0 cm³/mol. The Morgan fingerprint density at radius 1 is 1.69 bits per heavy atom. The van der Waals surface area contributed by atoms with E-state index in [9.17, 15) is 9.50 Å². The maximum Gasteiger partial charge on any atom is 0.118 e. The van der Waals surface area contributed by atoms with E-state index in [4.69, 9.17) is 0 Å². The molecule has 1 rings (SSSR count). The first-order chi connectivity index (χ1) is 5.91. The fraction of sp³-hybridized carbons (Fsp3) is 0.636. The molecular formula is C11H17FO. The number of allylic oxidation sites excluding steroid dienone is 3. The molecule has 0 heterocycles. The second-order valence-corrected chi connectivity index (χ2v) is 4.26. The van der Waals surface area contributed by atoms with E-state index in [1.807, 2.05) is 6.08 Å². The van der Waals surface area contributed by atoms with Gasteiger partial charge in [0.15, 0.2) is 0 Å². The average Bonchev–Trinajstić information content (AvgIpc) is 2.03. The molecule has 0 aliphatic heterocycles. The molecule has 0 aromatic heterocycles. The van der Waals surface area contributed by atoms with E-state index < -0.39 is 5.60 Å². The molecule has 1 nitrogen and oxygen atoms in total. The topological polar surface area (TPSA) is 20.2 Å². The molecule has 0 radical (unpaired) electrons. The van der Waals surface area contributed by atoms with Crippen LogP contribution in [0.5, 0.6) is 0 Å². The van der Waals surface area contributed by atoms with E-state index in [1.165, 1.54) is 0 Å². The smallest absolute Gasteiger partial charge is 0.118 e. The van der Waals surface area contributed by atoms with Gasteiger partial charge in [0, 0.05) is 0 Å². The molecule has 0 bridgehead atoms. The van der Waals surface area contributed by atoms with Crippen molar-refractivity contribution in [2.24, 2.45) is 5.92 Å². The van der Waals surface area contributed by atoms with Crippen molar-refractivity contribution >= 4 is 0 Å². The van der Waals surface area contributed by atoms with E-state index in [0.717, 1.165) is 12.8 Å². The van der Waals surface area contributed by atoms with Gasteiger partial charge in [0.1, 0.15) is 5.83 Å². The third-order valence-electron chi connectivity index (χ3n) is 2.76. The van der Waals surface area contributed by atoms with E-state index in [0.29, 0.717) is 12.0 Å². The first-order valence-electron chi connectivity index (χ1n) is 4.67. The van der Waals surface area contributed by atoms with Crippen LogP contribution in [0, 0.1) is 5.92 Å². The van der Waals surface area contributed by atoms with Crippen LogP contribution in [0.2, 0.25) is 0 Å². The fourth-order valence-corrected chi connectivity index (χ4v) is 1.72. The average molecular weight is 184 g/mol. The Hall–Kier alpha value is -0.630. The molecule has 2 heteroatoms. The van der Waals surface area contributed by atoms with Crippen LogP contribution in [0.4, 0.5) is 4.39 Å². The molecule has 0 saturated heterocycles. The molecule has 0 spiro atoms. The predicted octanol–water partition coefficient (Wildman–Crippen LogP) is 2.97. The van der Waals surface area contributed by atoms with Crippen molar-refractivity contribution < 1.29 is 9.50 Å². The third-order valence-corrected chi connectivity index (χ3v) is 2.76. The monoisotopic (exact) mass is 184 g/mol. The van der Waals surface area contributed by atoms with Gasteiger partial charge in [-0.2, -0.15) is 0 Å². The SMILES string of the molecule is C=C(F)C1=CCC(C(C)(C)O)CC1. The lowest BCUT2D eigenvalue weighted by molar-refractivity contribution is 0.0126. The molecule has 1 N–H and O–H groups in total. The minimum Gasteiger partial charge on any atom is -0.390 e.